The molecule has 0 fully saturated rings. The first-order valence-corrected chi connectivity index (χ1v) is 8.67. The van der Waals surface area contributed by atoms with E-state index in [9.17, 15) is 5.11 Å². The van der Waals surface area contributed by atoms with Crippen molar-refractivity contribution in [2.75, 3.05) is 23.4 Å². The first-order chi connectivity index (χ1) is 11.9. The molecule has 3 N–H and O–H groups in total. The molecule has 0 saturated heterocycles. The van der Waals surface area contributed by atoms with Crippen LogP contribution in [0.1, 0.15) is 37.5 Å². The number of benzene rings is 1. The minimum Gasteiger partial charge on any atom is -0.394 e. The lowest BCUT2D eigenvalue weighted by Crippen LogP contribution is -2.32. The van der Waals surface area contributed by atoms with E-state index in [2.05, 4.69) is 32.3 Å². The molecule has 1 aliphatic heterocycles. The Balaban J connectivity index is 1.78. The summed E-state index contributed by atoms with van der Waals surface area (Å²) in [7, 11) is 0. The van der Waals surface area contributed by atoms with E-state index in [-0.39, 0.29) is 12.6 Å². The molecular formula is C19H26N4O2. The molecule has 2 aromatic rings. The van der Waals surface area contributed by atoms with Gasteiger partial charge in [-0.1, -0.05) is 18.2 Å². The summed E-state index contributed by atoms with van der Waals surface area (Å²) in [6.07, 6.45) is 2.65. The average Bonchev–Trinajstić information content (AvgIpc) is 2.60. The van der Waals surface area contributed by atoms with Crippen molar-refractivity contribution in [2.24, 2.45) is 0 Å². The Morgan fingerprint density at radius 2 is 2.08 bits per heavy atom. The Morgan fingerprint density at radius 1 is 1.28 bits per heavy atom. The van der Waals surface area contributed by atoms with Crippen LogP contribution in [-0.4, -0.2) is 39.4 Å². The van der Waals surface area contributed by atoms with Gasteiger partial charge in [0.05, 0.1) is 12.2 Å². The van der Waals surface area contributed by atoms with Gasteiger partial charge < -0.3 is 20.4 Å². The lowest BCUT2D eigenvalue weighted by atomic mass is 9.91. The molecule has 3 rings (SSSR count). The Kier molecular flexibility index (Phi) is 4.92. The molecule has 134 valence electrons. The summed E-state index contributed by atoms with van der Waals surface area (Å²) in [4.78, 5) is 11.0. The molecule has 25 heavy (non-hydrogen) atoms. The highest BCUT2D eigenvalue weighted by Gasteiger charge is 2.22. The molecule has 0 bridgehead atoms. The van der Waals surface area contributed by atoms with Crippen molar-refractivity contribution in [3.05, 3.63) is 47.2 Å². The Morgan fingerprint density at radius 3 is 2.80 bits per heavy atom. The quantitative estimate of drug-likeness (QED) is 0.772. The molecule has 1 aromatic heterocycles. The normalized spacial score (nSPS) is 15.6. The van der Waals surface area contributed by atoms with E-state index in [0.717, 1.165) is 30.9 Å². The standard InChI is InChI=1S/C19H26N4O2/c1-13(12-24)21-18-20-8-6-17(22-18)23-9-7-14-10-16(19(2,3)25)5-4-15(14)11-23/h4-6,8,10,13,24-25H,7,9,11-12H2,1-3H3,(H,20,21,22)/t13-/m1/s1. The van der Waals surface area contributed by atoms with E-state index >= 15 is 0 Å². The van der Waals surface area contributed by atoms with Gasteiger partial charge in [-0.25, -0.2) is 4.98 Å². The van der Waals surface area contributed by atoms with Crippen molar-refractivity contribution in [2.45, 2.75) is 45.4 Å². The van der Waals surface area contributed by atoms with Gasteiger partial charge in [-0.3, -0.25) is 0 Å². The Bertz CT molecular complexity index is 742. The molecule has 0 amide bonds. The summed E-state index contributed by atoms with van der Waals surface area (Å²) < 4.78 is 0. The van der Waals surface area contributed by atoms with Crippen LogP contribution < -0.4 is 10.2 Å². The summed E-state index contributed by atoms with van der Waals surface area (Å²) in [5, 5.41) is 22.4. The molecule has 0 saturated carbocycles. The number of anilines is 2. The molecule has 1 aromatic carbocycles. The van der Waals surface area contributed by atoms with Crippen LogP contribution in [-0.2, 0) is 18.6 Å². The molecule has 0 spiro atoms. The van der Waals surface area contributed by atoms with E-state index < -0.39 is 5.60 Å². The van der Waals surface area contributed by atoms with E-state index in [1.165, 1.54) is 11.1 Å². The topological polar surface area (TPSA) is 81.5 Å². The first-order valence-electron chi connectivity index (χ1n) is 8.67. The van der Waals surface area contributed by atoms with Gasteiger partial charge in [0.15, 0.2) is 0 Å². The number of nitrogens with one attached hydrogen (secondary N) is 1. The maximum atomic E-state index is 10.2. The smallest absolute Gasteiger partial charge is 0.224 e. The molecular weight excluding hydrogens is 316 g/mol. The van der Waals surface area contributed by atoms with Crippen molar-refractivity contribution in [1.82, 2.24) is 9.97 Å². The molecule has 0 aliphatic carbocycles. The number of hydrogen-bond donors (Lipinski definition) is 3. The maximum Gasteiger partial charge on any atom is 0.224 e. The van der Waals surface area contributed by atoms with Gasteiger partial charge in [-0.05, 0) is 49.9 Å². The number of aliphatic hydroxyl groups excluding tert-OH is 1. The average molecular weight is 342 g/mol. The van der Waals surface area contributed by atoms with Gasteiger partial charge in [0.25, 0.3) is 0 Å². The molecule has 1 atom stereocenters. The highest BCUT2D eigenvalue weighted by atomic mass is 16.3. The number of hydrogen-bond acceptors (Lipinski definition) is 6. The van der Waals surface area contributed by atoms with E-state index in [1.807, 2.05) is 32.9 Å². The summed E-state index contributed by atoms with van der Waals surface area (Å²) in [6, 6.07) is 8.03. The van der Waals surface area contributed by atoms with Gasteiger partial charge in [0, 0.05) is 25.3 Å². The highest BCUT2D eigenvalue weighted by Crippen LogP contribution is 2.28. The molecule has 0 radical (unpaired) electrons. The van der Waals surface area contributed by atoms with Crippen molar-refractivity contribution in [3.63, 3.8) is 0 Å². The Labute approximate surface area is 148 Å². The molecule has 1 aliphatic rings. The van der Waals surface area contributed by atoms with Crippen molar-refractivity contribution in [1.29, 1.82) is 0 Å². The van der Waals surface area contributed by atoms with Crippen LogP contribution in [0.15, 0.2) is 30.5 Å². The largest absolute Gasteiger partial charge is 0.394 e. The monoisotopic (exact) mass is 342 g/mol. The van der Waals surface area contributed by atoms with Crippen molar-refractivity contribution < 1.29 is 10.2 Å². The fraction of sp³-hybridized carbons (Fsp3) is 0.474. The third-order valence-corrected chi connectivity index (χ3v) is 4.54. The number of fused-ring (bicyclic) bond motifs is 1. The van der Waals surface area contributed by atoms with E-state index in [4.69, 9.17) is 5.11 Å². The Hall–Kier alpha value is -2.18. The number of aliphatic hydroxyl groups is 2. The zero-order chi connectivity index (χ0) is 18.0. The molecule has 6 heteroatoms. The van der Waals surface area contributed by atoms with Crippen LogP contribution in [0.25, 0.3) is 0 Å². The van der Waals surface area contributed by atoms with Gasteiger partial charge in [-0.2, -0.15) is 4.98 Å². The summed E-state index contributed by atoms with van der Waals surface area (Å²) in [5.41, 5.74) is 2.68. The second-order valence-corrected chi connectivity index (χ2v) is 7.18. The van der Waals surface area contributed by atoms with Gasteiger partial charge in [0.2, 0.25) is 5.95 Å². The SMILES string of the molecule is C[C@H](CO)Nc1nccc(N2CCc3cc(C(C)(C)O)ccc3C2)n1. The zero-order valence-electron chi connectivity index (χ0n) is 15.0. The molecule has 0 unspecified atom stereocenters. The minimum absolute atomic E-state index is 0.0359. The van der Waals surface area contributed by atoms with E-state index in [0.29, 0.717) is 5.95 Å². The predicted molar refractivity (Wildman–Crippen MR) is 98.6 cm³/mol. The fourth-order valence-electron chi connectivity index (χ4n) is 2.99. The van der Waals surface area contributed by atoms with E-state index in [1.54, 1.807) is 6.20 Å². The number of nitrogens with zero attached hydrogens (tertiary/aromatic N) is 3. The second-order valence-electron chi connectivity index (χ2n) is 7.18. The van der Waals surface area contributed by atoms with Gasteiger partial charge in [0.1, 0.15) is 5.82 Å². The highest BCUT2D eigenvalue weighted by molar-refractivity contribution is 5.47. The van der Waals surface area contributed by atoms with Crippen LogP contribution in [0.4, 0.5) is 11.8 Å². The number of rotatable bonds is 5. The number of aromatic nitrogens is 2. The minimum atomic E-state index is -0.817. The first kappa shape index (κ1) is 17.6. The van der Waals surface area contributed by atoms with Crippen LogP contribution in [0.3, 0.4) is 0 Å². The van der Waals surface area contributed by atoms with Crippen molar-refractivity contribution in [3.8, 4) is 0 Å². The maximum absolute atomic E-state index is 10.2. The summed E-state index contributed by atoms with van der Waals surface area (Å²) in [6.45, 7) is 7.20. The van der Waals surface area contributed by atoms with Crippen LogP contribution in [0.5, 0.6) is 0 Å². The molecule has 2 heterocycles. The lowest BCUT2D eigenvalue weighted by Gasteiger charge is -2.31. The van der Waals surface area contributed by atoms with Crippen LogP contribution in [0, 0.1) is 0 Å². The molecule has 6 nitrogen and oxygen atoms in total. The van der Waals surface area contributed by atoms with Gasteiger partial charge in [-0.15, -0.1) is 0 Å². The van der Waals surface area contributed by atoms with Crippen LogP contribution in [0.2, 0.25) is 0 Å². The second kappa shape index (κ2) is 6.98. The third kappa shape index (κ3) is 4.08. The van der Waals surface area contributed by atoms with Gasteiger partial charge >= 0.3 is 0 Å². The third-order valence-electron chi connectivity index (χ3n) is 4.54. The predicted octanol–water partition coefficient (Wildman–Crippen LogP) is 2.06. The lowest BCUT2D eigenvalue weighted by molar-refractivity contribution is 0.0785. The van der Waals surface area contributed by atoms with Crippen LogP contribution >= 0.6 is 0 Å². The summed E-state index contributed by atoms with van der Waals surface area (Å²) >= 11 is 0. The fourth-order valence-corrected chi connectivity index (χ4v) is 2.99. The zero-order valence-corrected chi connectivity index (χ0v) is 15.0. The van der Waals surface area contributed by atoms with Crippen molar-refractivity contribution >= 4 is 11.8 Å². The summed E-state index contributed by atoms with van der Waals surface area (Å²) in [5.74, 6) is 1.40.